The molecule has 5 nitrogen and oxygen atoms in total. The number of benzene rings is 1. The molecule has 0 aliphatic heterocycles. The lowest BCUT2D eigenvalue weighted by molar-refractivity contribution is 0.249. The maximum absolute atomic E-state index is 10.5. The summed E-state index contributed by atoms with van der Waals surface area (Å²) in [4.78, 5) is 11.5. The molecule has 3 N–H and O–H groups in total. The molecule has 0 unspecified atom stereocenters. The normalized spacial score (nSPS) is 10.9. The third-order valence-corrected chi connectivity index (χ3v) is 4.17. The van der Waals surface area contributed by atoms with E-state index in [-0.39, 0.29) is 0 Å². The van der Waals surface area contributed by atoms with Crippen LogP contribution in [0.1, 0.15) is 5.76 Å². The van der Waals surface area contributed by atoms with Gasteiger partial charge in [0.1, 0.15) is 5.76 Å². The molecule has 0 aliphatic rings. The van der Waals surface area contributed by atoms with E-state index in [0.29, 0.717) is 15.9 Å². The number of hydrogen-bond acceptors (Lipinski definition) is 4. The van der Waals surface area contributed by atoms with E-state index in [2.05, 4.69) is 26.5 Å². The van der Waals surface area contributed by atoms with E-state index in [1.165, 1.54) is 18.0 Å². The molecule has 0 bridgehead atoms. The molecular formula is C12H9BrClN3O2S. The number of urea groups is 1. The predicted molar refractivity (Wildman–Crippen MR) is 82.3 cm³/mol. The van der Waals surface area contributed by atoms with Crippen molar-refractivity contribution in [2.24, 2.45) is 10.8 Å². The molecule has 2 aromatic rings. The van der Waals surface area contributed by atoms with Crippen LogP contribution >= 0.6 is 39.3 Å². The Morgan fingerprint density at radius 3 is 2.80 bits per heavy atom. The molecule has 2 rings (SSSR count). The molecular weight excluding hydrogens is 366 g/mol. The Kier molecular flexibility index (Phi) is 5.11. The highest BCUT2D eigenvalue weighted by Crippen LogP contribution is 2.35. The third kappa shape index (κ3) is 4.29. The van der Waals surface area contributed by atoms with Gasteiger partial charge in [-0.1, -0.05) is 23.4 Å². The summed E-state index contributed by atoms with van der Waals surface area (Å²) in [6, 6.07) is 8.40. The second-order valence-corrected chi connectivity index (χ2v) is 5.91. The Labute approximate surface area is 132 Å². The van der Waals surface area contributed by atoms with Gasteiger partial charge in [0, 0.05) is 16.0 Å². The number of carbonyl (C=O) groups is 1. The number of primary amides is 1. The largest absolute Gasteiger partial charge is 0.447 e. The monoisotopic (exact) mass is 373 g/mol. The molecule has 1 heterocycles. The van der Waals surface area contributed by atoms with E-state index in [9.17, 15) is 4.79 Å². The molecule has 8 heteroatoms. The van der Waals surface area contributed by atoms with Crippen LogP contribution in [0.4, 0.5) is 4.79 Å². The zero-order chi connectivity index (χ0) is 14.5. The first-order valence-electron chi connectivity index (χ1n) is 5.36. The zero-order valence-electron chi connectivity index (χ0n) is 9.97. The topological polar surface area (TPSA) is 80.6 Å². The summed E-state index contributed by atoms with van der Waals surface area (Å²) in [7, 11) is 0. The maximum Gasteiger partial charge on any atom is 0.332 e. The first-order chi connectivity index (χ1) is 9.54. The second-order valence-electron chi connectivity index (χ2n) is 3.57. The molecule has 0 aliphatic carbocycles. The van der Waals surface area contributed by atoms with Crippen molar-refractivity contribution in [1.82, 2.24) is 5.43 Å². The smallest absolute Gasteiger partial charge is 0.332 e. The van der Waals surface area contributed by atoms with Gasteiger partial charge >= 0.3 is 6.03 Å². The van der Waals surface area contributed by atoms with Gasteiger partial charge in [-0.05, 0) is 40.2 Å². The molecule has 0 spiro atoms. The van der Waals surface area contributed by atoms with Crippen molar-refractivity contribution in [3.05, 3.63) is 45.6 Å². The molecule has 1 aromatic heterocycles. The summed E-state index contributed by atoms with van der Waals surface area (Å²) < 4.78 is 6.36. The summed E-state index contributed by atoms with van der Waals surface area (Å²) in [6.45, 7) is 0. The second kappa shape index (κ2) is 6.83. The van der Waals surface area contributed by atoms with Crippen molar-refractivity contribution in [3.8, 4) is 0 Å². The zero-order valence-corrected chi connectivity index (χ0v) is 13.1. The minimum Gasteiger partial charge on any atom is -0.447 e. The quantitative estimate of drug-likeness (QED) is 0.630. The van der Waals surface area contributed by atoms with Crippen molar-refractivity contribution < 1.29 is 9.21 Å². The highest BCUT2D eigenvalue weighted by Gasteiger charge is 2.09. The van der Waals surface area contributed by atoms with E-state index < -0.39 is 6.03 Å². The molecule has 0 saturated heterocycles. The molecule has 20 heavy (non-hydrogen) atoms. The van der Waals surface area contributed by atoms with E-state index in [1.54, 1.807) is 18.2 Å². The van der Waals surface area contributed by atoms with Gasteiger partial charge in [-0.15, -0.1) is 0 Å². The van der Waals surface area contributed by atoms with Gasteiger partial charge in [-0.2, -0.15) is 5.10 Å². The highest BCUT2D eigenvalue weighted by atomic mass is 79.9. The SMILES string of the molecule is NC(=O)NN=Cc1cc(Br)c(Sc2ccc(Cl)cc2)o1. The minimum atomic E-state index is -0.734. The average Bonchev–Trinajstić information content (AvgIpc) is 2.72. The maximum atomic E-state index is 10.5. The Morgan fingerprint density at radius 2 is 2.15 bits per heavy atom. The van der Waals surface area contributed by atoms with Gasteiger partial charge in [-0.25, -0.2) is 10.2 Å². The van der Waals surface area contributed by atoms with E-state index in [0.717, 1.165) is 9.37 Å². The van der Waals surface area contributed by atoms with Gasteiger partial charge in [-0.3, -0.25) is 0 Å². The van der Waals surface area contributed by atoms with Crippen molar-refractivity contribution in [1.29, 1.82) is 0 Å². The number of nitrogens with two attached hydrogens (primary N) is 1. The van der Waals surface area contributed by atoms with E-state index >= 15 is 0 Å². The van der Waals surface area contributed by atoms with E-state index in [1.807, 2.05) is 12.1 Å². The summed E-state index contributed by atoms with van der Waals surface area (Å²) in [5.74, 6) is 0.488. The average molecular weight is 375 g/mol. The number of hydrogen-bond donors (Lipinski definition) is 2. The summed E-state index contributed by atoms with van der Waals surface area (Å²) in [5, 5.41) is 4.98. The standard InChI is InChI=1S/C12H9BrClN3O2S/c13-10-5-8(6-16-17-12(15)18)19-11(10)20-9-3-1-7(14)2-4-9/h1-6H,(H3,15,17,18). The lowest BCUT2D eigenvalue weighted by Gasteiger charge is -1.98. The lowest BCUT2D eigenvalue weighted by Crippen LogP contribution is -2.24. The fraction of sp³-hybridized carbons (Fsp3) is 0. The molecule has 2 amide bonds. The number of furan rings is 1. The number of hydrazone groups is 1. The Morgan fingerprint density at radius 1 is 1.45 bits per heavy atom. The van der Waals surface area contributed by atoms with Crippen LogP contribution in [0, 0.1) is 0 Å². The molecule has 1 aromatic carbocycles. The van der Waals surface area contributed by atoms with E-state index in [4.69, 9.17) is 21.8 Å². The van der Waals surface area contributed by atoms with Crippen molar-refractivity contribution >= 4 is 51.5 Å². The summed E-state index contributed by atoms with van der Waals surface area (Å²) in [6.07, 6.45) is 1.36. The van der Waals surface area contributed by atoms with Gasteiger partial charge < -0.3 is 10.2 Å². The first-order valence-corrected chi connectivity index (χ1v) is 7.34. The van der Waals surface area contributed by atoms with Crippen molar-refractivity contribution in [3.63, 3.8) is 0 Å². The van der Waals surface area contributed by atoms with Crippen LogP contribution in [0.2, 0.25) is 5.02 Å². The van der Waals surface area contributed by atoms with Crippen molar-refractivity contribution in [2.75, 3.05) is 0 Å². The predicted octanol–water partition coefficient (Wildman–Crippen LogP) is 3.85. The minimum absolute atomic E-state index is 0.488. The fourth-order valence-electron chi connectivity index (χ4n) is 1.27. The number of carbonyl (C=O) groups excluding carboxylic acids is 1. The van der Waals surface area contributed by atoms with Crippen LogP contribution in [0.5, 0.6) is 0 Å². The van der Waals surface area contributed by atoms with Gasteiger partial charge in [0.2, 0.25) is 0 Å². The number of amides is 2. The summed E-state index contributed by atoms with van der Waals surface area (Å²) >= 11 is 10.7. The summed E-state index contributed by atoms with van der Waals surface area (Å²) in [5.41, 5.74) is 6.98. The Balaban J connectivity index is 2.09. The molecule has 0 saturated carbocycles. The molecule has 0 fully saturated rings. The van der Waals surface area contributed by atoms with Crippen LogP contribution in [-0.2, 0) is 0 Å². The molecule has 104 valence electrons. The van der Waals surface area contributed by atoms with Crippen LogP contribution in [0.25, 0.3) is 0 Å². The number of nitrogens with zero attached hydrogens (tertiary/aromatic N) is 1. The van der Waals surface area contributed by atoms with Gasteiger partial charge in [0.15, 0.2) is 5.09 Å². The van der Waals surface area contributed by atoms with Gasteiger partial charge in [0.05, 0.1) is 10.7 Å². The number of rotatable bonds is 4. The first kappa shape index (κ1) is 15.0. The fourth-order valence-corrected chi connectivity index (χ4v) is 2.73. The lowest BCUT2D eigenvalue weighted by atomic mass is 10.4. The highest BCUT2D eigenvalue weighted by molar-refractivity contribution is 9.10. The van der Waals surface area contributed by atoms with Crippen LogP contribution in [-0.4, -0.2) is 12.2 Å². The third-order valence-electron chi connectivity index (χ3n) is 2.07. The Bertz CT molecular complexity index is 643. The van der Waals surface area contributed by atoms with Crippen molar-refractivity contribution in [2.45, 2.75) is 9.99 Å². The number of halogens is 2. The van der Waals surface area contributed by atoms with Gasteiger partial charge in [0.25, 0.3) is 0 Å². The molecule has 0 atom stereocenters. The molecule has 0 radical (unpaired) electrons. The van der Waals surface area contributed by atoms with Crippen LogP contribution in [0.3, 0.4) is 0 Å². The van der Waals surface area contributed by atoms with Crippen LogP contribution < -0.4 is 11.2 Å². The Hall–Kier alpha value is -1.44. The van der Waals surface area contributed by atoms with Crippen LogP contribution in [0.15, 0.2) is 54.3 Å². The number of nitrogens with one attached hydrogen (secondary N) is 1.